The first kappa shape index (κ1) is 12.8. The number of hydrogen-bond donors (Lipinski definition) is 1. The van der Waals surface area contributed by atoms with E-state index in [4.69, 9.17) is 9.15 Å². The minimum Gasteiger partial charge on any atom is -0.308 e. The second kappa shape index (κ2) is 7.21. The molecular formula is C7H16NO4P. The van der Waals surface area contributed by atoms with Crippen molar-refractivity contribution < 1.29 is 18.5 Å². The van der Waals surface area contributed by atoms with Crippen molar-refractivity contribution in [3.63, 3.8) is 0 Å². The summed E-state index contributed by atoms with van der Waals surface area (Å²) in [6, 6.07) is 0. The predicted molar refractivity (Wildman–Crippen MR) is 49.5 cm³/mol. The Morgan fingerprint density at radius 2 is 2.15 bits per heavy atom. The highest BCUT2D eigenvalue weighted by Crippen LogP contribution is 2.47. The second-order valence-electron chi connectivity index (χ2n) is 2.36. The van der Waals surface area contributed by atoms with E-state index in [9.17, 15) is 9.36 Å². The quantitative estimate of drug-likeness (QED) is 0.283. The van der Waals surface area contributed by atoms with Gasteiger partial charge in [0.1, 0.15) is 6.29 Å². The molecule has 78 valence electrons. The molecule has 6 heteroatoms. The van der Waals surface area contributed by atoms with E-state index in [1.165, 1.54) is 0 Å². The van der Waals surface area contributed by atoms with Gasteiger partial charge in [-0.25, -0.2) is 4.62 Å². The zero-order valence-corrected chi connectivity index (χ0v) is 8.88. The van der Waals surface area contributed by atoms with E-state index >= 15 is 0 Å². The summed E-state index contributed by atoms with van der Waals surface area (Å²) < 4.78 is 21.4. The lowest BCUT2D eigenvalue weighted by atomic mass is 10.6. The summed E-state index contributed by atoms with van der Waals surface area (Å²) in [5.41, 5.74) is 2.29. The number of rotatable bonds is 8. The fourth-order valence-corrected chi connectivity index (χ4v) is 2.26. The summed E-state index contributed by atoms with van der Waals surface area (Å²) in [7, 11) is -3.02. The number of hydroxylamine groups is 1. The van der Waals surface area contributed by atoms with Crippen LogP contribution in [-0.4, -0.2) is 25.6 Å². The normalized spacial score (nSPS) is 15.2. The molecule has 0 heterocycles. The van der Waals surface area contributed by atoms with Crippen LogP contribution in [0.25, 0.3) is 0 Å². The van der Waals surface area contributed by atoms with E-state index in [2.05, 4.69) is 5.48 Å². The molecule has 0 aromatic heterocycles. The molecule has 1 unspecified atom stereocenters. The first-order valence-corrected chi connectivity index (χ1v) is 6.00. The van der Waals surface area contributed by atoms with Crippen LogP contribution < -0.4 is 5.48 Å². The smallest absolute Gasteiger partial charge is 0.308 e. The van der Waals surface area contributed by atoms with Crippen molar-refractivity contribution in [1.29, 1.82) is 0 Å². The molecule has 0 aliphatic heterocycles. The van der Waals surface area contributed by atoms with Gasteiger partial charge in [-0.3, -0.25) is 4.57 Å². The number of aldehydes is 1. The lowest BCUT2D eigenvalue weighted by Gasteiger charge is -2.15. The van der Waals surface area contributed by atoms with Gasteiger partial charge in [-0.2, -0.15) is 5.48 Å². The molecule has 0 bridgehead atoms. The molecule has 0 radical (unpaired) electrons. The molecule has 13 heavy (non-hydrogen) atoms. The summed E-state index contributed by atoms with van der Waals surface area (Å²) >= 11 is 0. The predicted octanol–water partition coefficient (Wildman–Crippen LogP) is 1.35. The van der Waals surface area contributed by atoms with Crippen molar-refractivity contribution >= 4 is 13.9 Å². The van der Waals surface area contributed by atoms with E-state index in [1.54, 1.807) is 6.92 Å². The first-order chi connectivity index (χ1) is 6.18. The Morgan fingerprint density at radius 3 is 2.62 bits per heavy atom. The van der Waals surface area contributed by atoms with Gasteiger partial charge in [0, 0.05) is 0 Å². The fourth-order valence-electron chi connectivity index (χ4n) is 0.777. The van der Waals surface area contributed by atoms with Crippen molar-refractivity contribution in [1.82, 2.24) is 5.48 Å². The van der Waals surface area contributed by atoms with Crippen LogP contribution >= 0.6 is 7.60 Å². The Hall–Kier alpha value is -0.220. The number of hydrogen-bond acceptors (Lipinski definition) is 5. The van der Waals surface area contributed by atoms with Crippen molar-refractivity contribution in [2.75, 3.05) is 19.3 Å². The van der Waals surface area contributed by atoms with Gasteiger partial charge in [-0.15, -0.1) is 0 Å². The monoisotopic (exact) mass is 209 g/mol. The minimum atomic E-state index is -3.02. The highest BCUT2D eigenvalue weighted by atomic mass is 31.2. The molecule has 0 aromatic rings. The average molecular weight is 209 g/mol. The molecule has 0 aliphatic carbocycles. The Labute approximate surface area is 78.3 Å². The Bertz CT molecular complexity index is 175. The third-order valence-corrected chi connectivity index (χ3v) is 3.25. The molecule has 0 saturated heterocycles. The molecule has 5 nitrogen and oxygen atoms in total. The Morgan fingerprint density at radius 1 is 1.46 bits per heavy atom. The van der Waals surface area contributed by atoms with E-state index in [0.29, 0.717) is 25.5 Å². The molecule has 0 rings (SSSR count). The molecule has 0 aromatic carbocycles. The third kappa shape index (κ3) is 5.93. The maximum absolute atomic E-state index is 11.7. The molecule has 0 amide bonds. The SMILES string of the molecule is CCCP(=O)(OCC)ONCC=O. The summed E-state index contributed by atoms with van der Waals surface area (Å²) in [6.45, 7) is 3.97. The zero-order valence-electron chi connectivity index (χ0n) is 7.99. The summed E-state index contributed by atoms with van der Waals surface area (Å²) in [5.74, 6) is 0. The number of carbonyl (C=O) groups excluding carboxylic acids is 1. The topological polar surface area (TPSA) is 64.6 Å². The maximum atomic E-state index is 11.7. The summed E-state index contributed by atoms with van der Waals surface area (Å²) in [5, 5.41) is 0. The van der Waals surface area contributed by atoms with Crippen LogP contribution in [0.3, 0.4) is 0 Å². The molecule has 0 saturated carbocycles. The average Bonchev–Trinajstić information content (AvgIpc) is 2.05. The van der Waals surface area contributed by atoms with Crippen LogP contribution in [0.4, 0.5) is 0 Å². The fraction of sp³-hybridized carbons (Fsp3) is 0.857. The van der Waals surface area contributed by atoms with E-state index in [1.807, 2.05) is 6.92 Å². The van der Waals surface area contributed by atoms with Crippen molar-refractivity contribution in [3.8, 4) is 0 Å². The van der Waals surface area contributed by atoms with Crippen molar-refractivity contribution in [3.05, 3.63) is 0 Å². The van der Waals surface area contributed by atoms with E-state index in [0.717, 1.165) is 0 Å². The molecule has 0 aliphatic rings. The molecule has 0 fully saturated rings. The largest absolute Gasteiger partial charge is 0.346 e. The second-order valence-corrected chi connectivity index (χ2v) is 4.47. The number of carbonyl (C=O) groups is 1. The van der Waals surface area contributed by atoms with Gasteiger partial charge in [0.15, 0.2) is 0 Å². The van der Waals surface area contributed by atoms with Gasteiger partial charge in [0.25, 0.3) is 0 Å². The van der Waals surface area contributed by atoms with Crippen molar-refractivity contribution in [2.45, 2.75) is 20.3 Å². The Balaban J connectivity index is 3.91. The molecule has 0 spiro atoms. The minimum absolute atomic E-state index is 0.0147. The molecular weight excluding hydrogens is 193 g/mol. The van der Waals surface area contributed by atoms with Gasteiger partial charge in [0.2, 0.25) is 0 Å². The molecule has 1 atom stereocenters. The van der Waals surface area contributed by atoms with Crippen LogP contribution in [0.15, 0.2) is 0 Å². The van der Waals surface area contributed by atoms with Gasteiger partial charge in [-0.05, 0) is 13.3 Å². The van der Waals surface area contributed by atoms with E-state index in [-0.39, 0.29) is 6.54 Å². The van der Waals surface area contributed by atoms with Gasteiger partial charge < -0.3 is 9.32 Å². The highest BCUT2D eigenvalue weighted by Gasteiger charge is 2.22. The van der Waals surface area contributed by atoms with E-state index < -0.39 is 7.60 Å². The standard InChI is InChI=1S/C7H16NO4P/c1-3-7-13(10,11-4-2)12-8-5-6-9/h6,8H,3-5,7H2,1-2H3. The van der Waals surface area contributed by atoms with Crippen LogP contribution in [-0.2, 0) is 18.5 Å². The Kier molecular flexibility index (Phi) is 7.09. The third-order valence-electron chi connectivity index (χ3n) is 1.19. The van der Waals surface area contributed by atoms with Gasteiger partial charge >= 0.3 is 7.60 Å². The van der Waals surface area contributed by atoms with Crippen LogP contribution in [0.5, 0.6) is 0 Å². The van der Waals surface area contributed by atoms with Gasteiger partial charge in [-0.1, -0.05) is 6.92 Å². The van der Waals surface area contributed by atoms with Crippen LogP contribution in [0, 0.1) is 0 Å². The summed E-state index contributed by atoms with van der Waals surface area (Å²) in [6.07, 6.45) is 1.69. The van der Waals surface area contributed by atoms with Crippen LogP contribution in [0.1, 0.15) is 20.3 Å². The highest BCUT2D eigenvalue weighted by molar-refractivity contribution is 7.53. The van der Waals surface area contributed by atoms with Gasteiger partial charge in [0.05, 0.1) is 19.3 Å². The lowest BCUT2D eigenvalue weighted by Crippen LogP contribution is -2.17. The maximum Gasteiger partial charge on any atom is 0.346 e. The number of nitrogens with one attached hydrogen (secondary N) is 1. The van der Waals surface area contributed by atoms with Crippen molar-refractivity contribution in [2.24, 2.45) is 0 Å². The first-order valence-electron chi connectivity index (χ1n) is 4.27. The summed E-state index contributed by atoms with van der Waals surface area (Å²) in [4.78, 5) is 9.93. The molecule has 1 N–H and O–H groups in total. The lowest BCUT2D eigenvalue weighted by molar-refractivity contribution is -0.108. The van der Waals surface area contributed by atoms with Crippen LogP contribution in [0.2, 0.25) is 0 Å². The zero-order chi connectivity index (χ0) is 10.2.